The maximum absolute atomic E-state index is 12.1. The van der Waals surface area contributed by atoms with Crippen LogP contribution in [0.3, 0.4) is 0 Å². The Kier molecular flexibility index (Phi) is 4.87. The SMILES string of the molecule is CC(N)c1ccc(S(=O)(=O)NCCc2cscn2)cc1. The molecule has 2 rings (SSSR count). The monoisotopic (exact) mass is 311 g/mol. The molecule has 0 spiro atoms. The van der Waals surface area contributed by atoms with Crippen molar-refractivity contribution < 1.29 is 8.42 Å². The maximum Gasteiger partial charge on any atom is 0.240 e. The van der Waals surface area contributed by atoms with Gasteiger partial charge in [-0.3, -0.25) is 0 Å². The number of hydrogen-bond acceptors (Lipinski definition) is 5. The number of nitrogens with two attached hydrogens (primary N) is 1. The molecule has 0 aliphatic rings. The zero-order chi connectivity index (χ0) is 14.6. The lowest BCUT2D eigenvalue weighted by atomic mass is 10.1. The fourth-order valence-electron chi connectivity index (χ4n) is 1.71. The average molecular weight is 311 g/mol. The van der Waals surface area contributed by atoms with E-state index in [-0.39, 0.29) is 10.9 Å². The summed E-state index contributed by atoms with van der Waals surface area (Å²) in [6.45, 7) is 2.19. The minimum atomic E-state index is -3.47. The fourth-order valence-corrected chi connectivity index (χ4v) is 3.33. The number of rotatable bonds is 6. The third-order valence-electron chi connectivity index (χ3n) is 2.87. The molecule has 0 radical (unpaired) electrons. The maximum atomic E-state index is 12.1. The van der Waals surface area contributed by atoms with Crippen molar-refractivity contribution in [1.29, 1.82) is 0 Å². The lowest BCUT2D eigenvalue weighted by Crippen LogP contribution is -2.26. The first-order valence-corrected chi connectivity index (χ1v) is 8.64. The van der Waals surface area contributed by atoms with Crippen LogP contribution in [0.4, 0.5) is 0 Å². The quantitative estimate of drug-likeness (QED) is 0.850. The van der Waals surface area contributed by atoms with Crippen LogP contribution < -0.4 is 10.5 Å². The zero-order valence-electron chi connectivity index (χ0n) is 11.1. The molecule has 2 aromatic rings. The Bertz CT molecular complexity index is 635. The van der Waals surface area contributed by atoms with Gasteiger partial charge in [0.15, 0.2) is 0 Å². The van der Waals surface area contributed by atoms with E-state index in [1.54, 1.807) is 29.8 Å². The van der Waals surface area contributed by atoms with Crippen LogP contribution in [0, 0.1) is 0 Å². The summed E-state index contributed by atoms with van der Waals surface area (Å²) in [5.41, 5.74) is 9.27. The summed E-state index contributed by atoms with van der Waals surface area (Å²) in [5, 5.41) is 1.91. The van der Waals surface area contributed by atoms with E-state index >= 15 is 0 Å². The van der Waals surface area contributed by atoms with E-state index in [2.05, 4.69) is 9.71 Å². The van der Waals surface area contributed by atoms with Gasteiger partial charge in [-0.15, -0.1) is 11.3 Å². The molecular weight excluding hydrogens is 294 g/mol. The summed E-state index contributed by atoms with van der Waals surface area (Å²) in [7, 11) is -3.47. The summed E-state index contributed by atoms with van der Waals surface area (Å²) >= 11 is 1.50. The second-order valence-electron chi connectivity index (χ2n) is 4.49. The normalized spacial score (nSPS) is 13.3. The first-order chi connectivity index (χ1) is 9.49. The van der Waals surface area contributed by atoms with Crippen LogP contribution in [0.5, 0.6) is 0 Å². The van der Waals surface area contributed by atoms with Gasteiger partial charge in [-0.25, -0.2) is 18.1 Å². The Labute approximate surface area is 122 Å². The van der Waals surface area contributed by atoms with Crippen molar-refractivity contribution in [2.45, 2.75) is 24.3 Å². The fraction of sp³-hybridized carbons (Fsp3) is 0.308. The first kappa shape index (κ1) is 15.1. The molecule has 0 fully saturated rings. The van der Waals surface area contributed by atoms with Gasteiger partial charge in [-0.2, -0.15) is 0 Å². The van der Waals surface area contributed by atoms with Gasteiger partial charge in [-0.1, -0.05) is 12.1 Å². The van der Waals surface area contributed by atoms with Crippen molar-refractivity contribution in [3.05, 3.63) is 46.4 Å². The van der Waals surface area contributed by atoms with Crippen molar-refractivity contribution in [3.63, 3.8) is 0 Å². The lowest BCUT2D eigenvalue weighted by molar-refractivity contribution is 0.581. The van der Waals surface area contributed by atoms with E-state index in [0.29, 0.717) is 13.0 Å². The third kappa shape index (κ3) is 3.86. The number of thiazole rings is 1. The van der Waals surface area contributed by atoms with Crippen molar-refractivity contribution in [3.8, 4) is 0 Å². The zero-order valence-corrected chi connectivity index (χ0v) is 12.7. The van der Waals surface area contributed by atoms with Crippen LogP contribution in [0.1, 0.15) is 24.2 Å². The van der Waals surface area contributed by atoms with Crippen LogP contribution in [-0.2, 0) is 16.4 Å². The molecule has 20 heavy (non-hydrogen) atoms. The molecular formula is C13H17N3O2S2. The van der Waals surface area contributed by atoms with Gasteiger partial charge in [0.1, 0.15) is 0 Å². The summed E-state index contributed by atoms with van der Waals surface area (Å²) in [6, 6.07) is 6.51. The molecule has 1 atom stereocenters. The number of sulfonamides is 1. The molecule has 1 aromatic carbocycles. The highest BCUT2D eigenvalue weighted by Crippen LogP contribution is 2.14. The van der Waals surface area contributed by atoms with Crippen LogP contribution in [0.25, 0.3) is 0 Å². The van der Waals surface area contributed by atoms with Crippen molar-refractivity contribution in [1.82, 2.24) is 9.71 Å². The second kappa shape index (κ2) is 6.45. The highest BCUT2D eigenvalue weighted by Gasteiger charge is 2.13. The van der Waals surface area contributed by atoms with Gasteiger partial charge in [0.05, 0.1) is 16.1 Å². The Morgan fingerprint density at radius 3 is 2.60 bits per heavy atom. The molecule has 0 aliphatic heterocycles. The van der Waals surface area contributed by atoms with Crippen LogP contribution in [0.15, 0.2) is 40.1 Å². The number of aromatic nitrogens is 1. The Morgan fingerprint density at radius 2 is 2.05 bits per heavy atom. The average Bonchev–Trinajstić information content (AvgIpc) is 2.92. The molecule has 108 valence electrons. The van der Waals surface area contributed by atoms with E-state index < -0.39 is 10.0 Å². The number of nitrogens with one attached hydrogen (secondary N) is 1. The molecule has 0 saturated carbocycles. The van der Waals surface area contributed by atoms with E-state index in [1.165, 1.54) is 11.3 Å². The van der Waals surface area contributed by atoms with Crippen LogP contribution >= 0.6 is 11.3 Å². The molecule has 0 bridgehead atoms. The second-order valence-corrected chi connectivity index (χ2v) is 6.97. The predicted molar refractivity (Wildman–Crippen MR) is 80.1 cm³/mol. The molecule has 0 aliphatic carbocycles. The van der Waals surface area contributed by atoms with Crippen molar-refractivity contribution in [2.24, 2.45) is 5.73 Å². The number of benzene rings is 1. The molecule has 1 aromatic heterocycles. The van der Waals surface area contributed by atoms with Gasteiger partial charge < -0.3 is 5.73 Å². The van der Waals surface area contributed by atoms with Crippen LogP contribution in [0.2, 0.25) is 0 Å². The summed E-state index contributed by atoms with van der Waals surface area (Å²) in [5.74, 6) is 0. The van der Waals surface area contributed by atoms with Crippen molar-refractivity contribution in [2.75, 3.05) is 6.54 Å². The van der Waals surface area contributed by atoms with Gasteiger partial charge in [-0.05, 0) is 24.6 Å². The topological polar surface area (TPSA) is 85.1 Å². The van der Waals surface area contributed by atoms with E-state index in [1.807, 2.05) is 12.3 Å². The highest BCUT2D eigenvalue weighted by molar-refractivity contribution is 7.89. The summed E-state index contributed by atoms with van der Waals surface area (Å²) in [4.78, 5) is 4.36. The first-order valence-electron chi connectivity index (χ1n) is 6.21. The summed E-state index contributed by atoms with van der Waals surface area (Å²) < 4.78 is 26.7. The molecule has 7 heteroatoms. The van der Waals surface area contributed by atoms with E-state index in [9.17, 15) is 8.42 Å². The van der Waals surface area contributed by atoms with Crippen LogP contribution in [-0.4, -0.2) is 19.9 Å². The smallest absolute Gasteiger partial charge is 0.240 e. The number of nitrogens with zero attached hydrogens (tertiary/aromatic N) is 1. The number of hydrogen-bond donors (Lipinski definition) is 2. The summed E-state index contributed by atoms with van der Waals surface area (Å²) in [6.07, 6.45) is 0.584. The molecule has 1 heterocycles. The predicted octanol–water partition coefficient (Wildman–Crippen LogP) is 1.68. The standard InChI is InChI=1S/C13H17N3O2S2/c1-10(14)11-2-4-13(5-3-11)20(17,18)16-7-6-12-8-19-9-15-12/h2-5,8-10,16H,6-7,14H2,1H3. The Morgan fingerprint density at radius 1 is 1.35 bits per heavy atom. The molecule has 1 unspecified atom stereocenters. The van der Waals surface area contributed by atoms with Crippen molar-refractivity contribution >= 4 is 21.4 Å². The Balaban J connectivity index is 1.99. The van der Waals surface area contributed by atoms with Gasteiger partial charge >= 0.3 is 0 Å². The van der Waals surface area contributed by atoms with E-state index in [0.717, 1.165) is 11.3 Å². The van der Waals surface area contributed by atoms with E-state index in [4.69, 9.17) is 5.73 Å². The lowest BCUT2D eigenvalue weighted by Gasteiger charge is -2.08. The minimum absolute atomic E-state index is 0.107. The minimum Gasteiger partial charge on any atom is -0.324 e. The third-order valence-corrected chi connectivity index (χ3v) is 4.99. The largest absolute Gasteiger partial charge is 0.324 e. The van der Waals surface area contributed by atoms with Gasteiger partial charge in [0.2, 0.25) is 10.0 Å². The molecule has 3 N–H and O–H groups in total. The molecule has 0 saturated heterocycles. The molecule has 5 nitrogen and oxygen atoms in total. The Hall–Kier alpha value is -1.28. The highest BCUT2D eigenvalue weighted by atomic mass is 32.2. The van der Waals surface area contributed by atoms with Gasteiger partial charge in [0, 0.05) is 24.4 Å². The molecule has 0 amide bonds. The van der Waals surface area contributed by atoms with Gasteiger partial charge in [0.25, 0.3) is 0 Å².